The number of benzene rings is 4. The van der Waals surface area contributed by atoms with Gasteiger partial charge < -0.3 is 51.2 Å². The summed E-state index contributed by atoms with van der Waals surface area (Å²) < 4.78 is 63.2. The van der Waals surface area contributed by atoms with Gasteiger partial charge in [0.15, 0.2) is 11.6 Å². The van der Waals surface area contributed by atoms with Crippen molar-refractivity contribution in [2.24, 2.45) is 17.8 Å². The van der Waals surface area contributed by atoms with Crippen molar-refractivity contribution in [3.8, 4) is 11.5 Å². The van der Waals surface area contributed by atoms with Gasteiger partial charge in [0, 0.05) is 36.5 Å². The molecule has 4 aromatic rings. The predicted octanol–water partition coefficient (Wildman–Crippen LogP) is 5.80. The van der Waals surface area contributed by atoms with Crippen molar-refractivity contribution < 1.29 is 66.6 Å². The van der Waals surface area contributed by atoms with Crippen molar-refractivity contribution in [1.82, 2.24) is 21.3 Å². The lowest BCUT2D eigenvalue weighted by Crippen LogP contribution is -2.30. The zero-order valence-electron chi connectivity index (χ0n) is 35.7. The highest BCUT2D eigenvalue weighted by Gasteiger charge is 2.32. The third kappa shape index (κ3) is 16.6. The summed E-state index contributed by atoms with van der Waals surface area (Å²) in [5.74, 6) is -4.02. The van der Waals surface area contributed by atoms with Crippen LogP contribution in [0.2, 0.25) is 5.02 Å². The number of carbonyl (C=O) groups is 4. The lowest BCUT2D eigenvalue weighted by molar-refractivity contribution is -0.140. The van der Waals surface area contributed by atoms with Crippen molar-refractivity contribution in [3.63, 3.8) is 0 Å². The maximum absolute atomic E-state index is 13.4. The van der Waals surface area contributed by atoms with Gasteiger partial charge in [-0.2, -0.15) is 0 Å². The second-order valence-corrected chi connectivity index (χ2v) is 16.9. The summed E-state index contributed by atoms with van der Waals surface area (Å²) in [5, 5.41) is 47.4. The summed E-state index contributed by atoms with van der Waals surface area (Å²) in [5.41, 5.74) is 1.24. The van der Waals surface area contributed by atoms with Gasteiger partial charge in [-0.3, -0.25) is 19.2 Å². The SMILES string of the molecule is O=C(O)[C@@H]1C[C@H](COc2cccc(F)c2)CN1.O=C(O)[C@@H]1C[C@H](Cc2cccc(F)c2)CN1.O=C(O)[C@@H]1C[C@H](Cc2cccc(F)c2F)CN1.O=C(O)[C@@H]1C[C@H](Oc2cccc(Cl)c2)CN1. The van der Waals surface area contributed by atoms with Crippen LogP contribution in [0.15, 0.2) is 91.0 Å². The molecule has 66 heavy (non-hydrogen) atoms. The molecule has 4 aromatic carbocycles. The summed E-state index contributed by atoms with van der Waals surface area (Å²) in [6.45, 7) is 2.77. The fraction of sp³-hybridized carbons (Fsp3) is 0.404. The van der Waals surface area contributed by atoms with Crippen molar-refractivity contribution in [1.29, 1.82) is 0 Å². The first-order valence-corrected chi connectivity index (χ1v) is 21.7. The van der Waals surface area contributed by atoms with E-state index in [2.05, 4.69) is 21.3 Å². The zero-order valence-corrected chi connectivity index (χ0v) is 36.4. The van der Waals surface area contributed by atoms with Gasteiger partial charge in [-0.25, -0.2) is 17.6 Å². The van der Waals surface area contributed by atoms with Crippen LogP contribution in [0, 0.1) is 41.0 Å². The molecule has 4 fully saturated rings. The van der Waals surface area contributed by atoms with Crippen LogP contribution in [0.5, 0.6) is 11.5 Å². The fourth-order valence-corrected chi connectivity index (χ4v) is 8.11. The van der Waals surface area contributed by atoms with Crippen LogP contribution >= 0.6 is 11.6 Å². The van der Waals surface area contributed by atoms with Gasteiger partial charge in [-0.1, -0.05) is 48.0 Å². The largest absolute Gasteiger partial charge is 0.493 e. The van der Waals surface area contributed by atoms with E-state index in [9.17, 15) is 36.7 Å². The zero-order chi connectivity index (χ0) is 47.8. The quantitative estimate of drug-likeness (QED) is 0.0744. The first kappa shape index (κ1) is 51.2. The number of halogens is 5. The Bertz CT molecular complexity index is 2190. The van der Waals surface area contributed by atoms with Crippen molar-refractivity contribution >= 4 is 35.5 Å². The van der Waals surface area contributed by atoms with Gasteiger partial charge in [0.05, 0.1) is 6.61 Å². The number of ether oxygens (including phenoxy) is 2. The van der Waals surface area contributed by atoms with E-state index < -0.39 is 59.7 Å². The molecule has 4 aliphatic rings. The monoisotopic (exact) mass is 944 g/mol. The molecule has 4 aliphatic heterocycles. The Hall–Kier alpha value is -5.79. The molecule has 0 bridgehead atoms. The molecule has 0 aromatic heterocycles. The Kier molecular flexibility index (Phi) is 19.6. The predicted molar refractivity (Wildman–Crippen MR) is 235 cm³/mol. The van der Waals surface area contributed by atoms with Gasteiger partial charge in [0.25, 0.3) is 0 Å². The smallest absolute Gasteiger partial charge is 0.320 e. The molecule has 4 heterocycles. The lowest BCUT2D eigenvalue weighted by Gasteiger charge is -2.12. The maximum atomic E-state index is 13.4. The number of carboxylic acid groups (broad SMARTS) is 4. The number of hydrogen-bond acceptors (Lipinski definition) is 10. The van der Waals surface area contributed by atoms with Gasteiger partial charge in [0.1, 0.15) is 53.4 Å². The minimum absolute atomic E-state index is 0.0346. The Morgan fingerprint density at radius 1 is 0.561 bits per heavy atom. The Morgan fingerprint density at radius 3 is 1.62 bits per heavy atom. The van der Waals surface area contributed by atoms with Crippen LogP contribution in [0.1, 0.15) is 36.8 Å². The number of hydrogen-bond donors (Lipinski definition) is 8. The number of rotatable bonds is 13. The van der Waals surface area contributed by atoms with Crippen molar-refractivity contribution in [2.75, 3.05) is 32.8 Å². The molecular formula is C47H53ClF4N4O10. The average Bonchev–Trinajstić information content (AvgIpc) is 4.12. The minimum Gasteiger partial charge on any atom is -0.493 e. The summed E-state index contributed by atoms with van der Waals surface area (Å²) in [7, 11) is 0. The van der Waals surface area contributed by atoms with Crippen LogP contribution in [0.4, 0.5) is 17.6 Å². The van der Waals surface area contributed by atoms with E-state index in [1.165, 1.54) is 36.4 Å². The second-order valence-electron chi connectivity index (χ2n) is 16.5. The molecule has 0 radical (unpaired) electrons. The van der Waals surface area contributed by atoms with Crippen molar-refractivity contribution in [3.05, 3.63) is 130 Å². The average molecular weight is 945 g/mol. The lowest BCUT2D eigenvalue weighted by atomic mass is 9.96. The van der Waals surface area contributed by atoms with Crippen LogP contribution < -0.4 is 30.7 Å². The molecule has 8 atom stereocenters. The van der Waals surface area contributed by atoms with Gasteiger partial charge >= 0.3 is 23.9 Å². The molecular weight excluding hydrogens is 892 g/mol. The Balaban J connectivity index is 0.000000165. The molecule has 0 aliphatic carbocycles. The van der Waals surface area contributed by atoms with E-state index in [4.69, 9.17) is 41.5 Å². The number of nitrogens with one attached hydrogen (secondary N) is 4. The number of carboxylic acids is 4. The van der Waals surface area contributed by atoms with Gasteiger partial charge in [-0.05, 0) is 117 Å². The molecule has 8 rings (SSSR count). The maximum Gasteiger partial charge on any atom is 0.320 e. The Morgan fingerprint density at radius 2 is 1.06 bits per heavy atom. The van der Waals surface area contributed by atoms with E-state index in [0.29, 0.717) is 87.0 Å². The third-order valence-corrected chi connectivity index (χ3v) is 11.5. The highest BCUT2D eigenvalue weighted by atomic mass is 35.5. The summed E-state index contributed by atoms with van der Waals surface area (Å²) in [4.78, 5) is 42.9. The van der Waals surface area contributed by atoms with Gasteiger partial charge in [0.2, 0.25) is 0 Å². The Labute approximate surface area is 383 Å². The van der Waals surface area contributed by atoms with Gasteiger partial charge in [-0.15, -0.1) is 0 Å². The molecule has 0 saturated carbocycles. The first-order valence-electron chi connectivity index (χ1n) is 21.4. The molecule has 356 valence electrons. The normalized spacial score (nSPS) is 24.1. The fourth-order valence-electron chi connectivity index (χ4n) is 7.93. The van der Waals surface area contributed by atoms with E-state index >= 15 is 0 Å². The minimum atomic E-state index is -0.896. The standard InChI is InChI=1S/C12H13F2NO2.C12H14FNO3.C12H14FNO2.C11H12ClNO3/c13-9-3-1-2-8(11(9)14)4-7-5-10(12(16)17)15-6-7;13-9-2-1-3-10(5-9)17-7-8-4-11(12(15)16)14-6-8;13-10-3-1-2-8(5-10)4-9-6-11(12(15)16)14-7-9;12-7-2-1-3-8(4-7)16-9-5-10(11(14)15)13-6-9/h1-3,7,10,15H,4-6H2,(H,16,17);1-3,5,8,11,14H,4,6-7H2,(H,15,16);1-3,5,9,11,14H,4,6-7H2,(H,15,16);1-4,9-10,13H,5-6H2,(H,14,15)/t7-,10-;8-,11-;9-,11-;9-,10-/m0000/s1. The topological polar surface area (TPSA) is 216 Å². The van der Waals surface area contributed by atoms with E-state index in [0.717, 1.165) is 18.1 Å². The van der Waals surface area contributed by atoms with Crippen molar-refractivity contribution in [2.45, 2.75) is 68.8 Å². The molecule has 0 amide bonds. The first-order chi connectivity index (χ1) is 31.5. The number of aliphatic carboxylic acids is 4. The summed E-state index contributed by atoms with van der Waals surface area (Å²) >= 11 is 5.82. The second kappa shape index (κ2) is 25.2. The highest BCUT2D eigenvalue weighted by Crippen LogP contribution is 2.24. The molecule has 8 N–H and O–H groups in total. The van der Waals surface area contributed by atoms with E-state index in [1.807, 2.05) is 6.07 Å². The molecule has 19 heteroatoms. The van der Waals surface area contributed by atoms with Crippen LogP contribution in [0.25, 0.3) is 0 Å². The summed E-state index contributed by atoms with van der Waals surface area (Å²) in [6, 6.07) is 21.5. The third-order valence-electron chi connectivity index (χ3n) is 11.3. The van der Waals surface area contributed by atoms with E-state index in [-0.39, 0.29) is 35.5 Å². The highest BCUT2D eigenvalue weighted by molar-refractivity contribution is 6.30. The molecule has 0 unspecified atom stereocenters. The van der Waals surface area contributed by atoms with E-state index in [1.54, 1.807) is 42.5 Å². The van der Waals surface area contributed by atoms with Crippen LogP contribution in [-0.2, 0) is 32.0 Å². The summed E-state index contributed by atoms with van der Waals surface area (Å²) in [6.07, 6.45) is 3.07. The molecule has 4 saturated heterocycles. The molecule has 0 spiro atoms. The molecule has 14 nitrogen and oxygen atoms in total. The van der Waals surface area contributed by atoms with Crippen LogP contribution in [-0.4, -0.2) is 107 Å². The van der Waals surface area contributed by atoms with Crippen LogP contribution in [0.3, 0.4) is 0 Å².